The van der Waals surface area contributed by atoms with Crippen LogP contribution in [0.4, 0.5) is 11.6 Å². The molecule has 0 unspecified atom stereocenters. The Balaban J connectivity index is 2.03. The molecule has 3 heterocycles. The van der Waals surface area contributed by atoms with Crippen molar-refractivity contribution in [3.05, 3.63) is 35.4 Å². The second-order valence-corrected chi connectivity index (χ2v) is 6.93. The third kappa shape index (κ3) is 2.34. The van der Waals surface area contributed by atoms with Crippen molar-refractivity contribution >= 4 is 33.1 Å². The predicted molar refractivity (Wildman–Crippen MR) is 75.1 cm³/mol. The summed E-state index contributed by atoms with van der Waals surface area (Å²) in [5, 5.41) is 0.358. The number of halogens is 1. The summed E-state index contributed by atoms with van der Waals surface area (Å²) in [6.07, 6.45) is 4.65. The van der Waals surface area contributed by atoms with Crippen molar-refractivity contribution in [3.8, 4) is 0 Å². The molecule has 0 spiro atoms. The van der Waals surface area contributed by atoms with Crippen LogP contribution in [0.2, 0.25) is 5.15 Å². The Bertz CT molecular complexity index is 779. The average molecular weight is 311 g/mol. The number of aromatic nitrogens is 3. The molecule has 0 radical (unpaired) electrons. The SMILES string of the molecule is CS(=O)(=O)c1cnc2c(c1)CCN2c1cc(Cl)ncn1. The Hall–Kier alpha value is -1.73. The molecule has 2 aromatic rings. The molecular formula is C12H11ClN4O2S. The number of sulfone groups is 1. The fourth-order valence-corrected chi connectivity index (χ4v) is 2.89. The van der Waals surface area contributed by atoms with Crippen molar-refractivity contribution in [2.75, 3.05) is 17.7 Å². The first-order valence-electron chi connectivity index (χ1n) is 5.89. The average Bonchev–Trinajstić information content (AvgIpc) is 2.80. The molecule has 0 aliphatic carbocycles. The smallest absolute Gasteiger partial charge is 0.177 e. The van der Waals surface area contributed by atoms with Crippen LogP contribution in [0.3, 0.4) is 0 Å². The normalized spacial score (nSPS) is 14.4. The Kier molecular flexibility index (Phi) is 3.10. The van der Waals surface area contributed by atoms with E-state index in [1.54, 1.807) is 12.1 Å². The molecule has 0 amide bonds. The highest BCUT2D eigenvalue weighted by molar-refractivity contribution is 7.90. The maximum atomic E-state index is 11.5. The quantitative estimate of drug-likeness (QED) is 0.785. The minimum absolute atomic E-state index is 0.235. The van der Waals surface area contributed by atoms with Crippen molar-refractivity contribution < 1.29 is 8.42 Å². The lowest BCUT2D eigenvalue weighted by Gasteiger charge is -2.16. The van der Waals surface area contributed by atoms with E-state index in [1.165, 1.54) is 18.8 Å². The molecule has 6 nitrogen and oxygen atoms in total. The summed E-state index contributed by atoms with van der Waals surface area (Å²) in [5.74, 6) is 1.37. The zero-order valence-corrected chi connectivity index (χ0v) is 12.2. The number of nitrogens with zero attached hydrogens (tertiary/aromatic N) is 4. The Labute approximate surface area is 121 Å². The molecule has 8 heteroatoms. The van der Waals surface area contributed by atoms with Gasteiger partial charge in [0.2, 0.25) is 0 Å². The number of fused-ring (bicyclic) bond motifs is 1. The van der Waals surface area contributed by atoms with Crippen molar-refractivity contribution in [1.82, 2.24) is 15.0 Å². The van der Waals surface area contributed by atoms with Gasteiger partial charge in [0.15, 0.2) is 9.84 Å². The van der Waals surface area contributed by atoms with Gasteiger partial charge in [0.1, 0.15) is 23.1 Å². The van der Waals surface area contributed by atoms with E-state index >= 15 is 0 Å². The van der Waals surface area contributed by atoms with Crippen molar-refractivity contribution in [2.45, 2.75) is 11.3 Å². The van der Waals surface area contributed by atoms with E-state index in [1.807, 2.05) is 4.90 Å². The van der Waals surface area contributed by atoms with E-state index in [2.05, 4.69) is 15.0 Å². The zero-order valence-electron chi connectivity index (χ0n) is 10.6. The van der Waals surface area contributed by atoms with Crippen LogP contribution in [0.15, 0.2) is 29.6 Å². The fourth-order valence-electron chi connectivity index (χ4n) is 2.14. The molecule has 0 bridgehead atoms. The first-order chi connectivity index (χ1) is 9.45. The Morgan fingerprint density at radius 3 is 2.75 bits per heavy atom. The van der Waals surface area contributed by atoms with E-state index in [4.69, 9.17) is 11.6 Å². The topological polar surface area (TPSA) is 76.1 Å². The van der Waals surface area contributed by atoms with Crippen LogP contribution in [0.5, 0.6) is 0 Å². The van der Waals surface area contributed by atoms with E-state index in [0.717, 1.165) is 5.56 Å². The zero-order chi connectivity index (χ0) is 14.3. The minimum atomic E-state index is -3.24. The summed E-state index contributed by atoms with van der Waals surface area (Å²) in [6.45, 7) is 0.683. The van der Waals surface area contributed by atoms with Gasteiger partial charge >= 0.3 is 0 Å². The molecule has 20 heavy (non-hydrogen) atoms. The maximum absolute atomic E-state index is 11.5. The van der Waals surface area contributed by atoms with Crippen LogP contribution in [0.25, 0.3) is 0 Å². The van der Waals surface area contributed by atoms with Crippen LogP contribution >= 0.6 is 11.6 Å². The molecule has 1 aliphatic rings. The van der Waals surface area contributed by atoms with Gasteiger partial charge in [-0.05, 0) is 18.1 Å². The lowest BCUT2D eigenvalue weighted by atomic mass is 10.2. The van der Waals surface area contributed by atoms with E-state index in [-0.39, 0.29) is 4.90 Å². The lowest BCUT2D eigenvalue weighted by Crippen LogP contribution is -2.15. The molecule has 1 aliphatic heterocycles. The molecule has 0 N–H and O–H groups in total. The monoisotopic (exact) mass is 310 g/mol. The Morgan fingerprint density at radius 2 is 2.05 bits per heavy atom. The summed E-state index contributed by atoms with van der Waals surface area (Å²) < 4.78 is 23.1. The number of pyridine rings is 1. The number of hydrogen-bond acceptors (Lipinski definition) is 6. The van der Waals surface area contributed by atoms with Crippen LogP contribution in [-0.2, 0) is 16.3 Å². The second-order valence-electron chi connectivity index (χ2n) is 4.53. The molecular weight excluding hydrogens is 300 g/mol. The third-order valence-electron chi connectivity index (χ3n) is 3.10. The molecule has 2 aromatic heterocycles. The minimum Gasteiger partial charge on any atom is -0.310 e. The van der Waals surface area contributed by atoms with E-state index in [9.17, 15) is 8.42 Å². The highest BCUT2D eigenvalue weighted by Gasteiger charge is 2.24. The number of hydrogen-bond donors (Lipinski definition) is 0. The molecule has 0 atom stereocenters. The first kappa shape index (κ1) is 13.3. The van der Waals surface area contributed by atoms with Gasteiger partial charge in [-0.2, -0.15) is 0 Å². The molecule has 0 fully saturated rings. The lowest BCUT2D eigenvalue weighted by molar-refractivity contribution is 0.601. The standard InChI is InChI=1S/C12H11ClN4O2S/c1-20(18,19)9-4-8-2-3-17(12(8)14-6-9)11-5-10(13)15-7-16-11/h4-7H,2-3H2,1H3. The van der Waals surface area contributed by atoms with Gasteiger partial charge in [-0.15, -0.1) is 0 Å². The van der Waals surface area contributed by atoms with Gasteiger partial charge < -0.3 is 4.90 Å². The van der Waals surface area contributed by atoms with Crippen LogP contribution in [-0.4, -0.2) is 36.2 Å². The van der Waals surface area contributed by atoms with E-state index in [0.29, 0.717) is 29.8 Å². The first-order valence-corrected chi connectivity index (χ1v) is 8.16. The summed E-state index contributed by atoms with van der Waals surface area (Å²) in [5.41, 5.74) is 0.891. The van der Waals surface area contributed by atoms with Gasteiger partial charge in [-0.25, -0.2) is 23.4 Å². The fraction of sp³-hybridized carbons (Fsp3) is 0.250. The van der Waals surface area contributed by atoms with Crippen LogP contribution in [0, 0.1) is 0 Å². The number of rotatable bonds is 2. The molecule has 0 saturated heterocycles. The highest BCUT2D eigenvalue weighted by Crippen LogP contribution is 2.33. The summed E-state index contributed by atoms with van der Waals surface area (Å²) in [6, 6.07) is 3.32. The van der Waals surface area contributed by atoms with Crippen molar-refractivity contribution in [2.24, 2.45) is 0 Å². The van der Waals surface area contributed by atoms with Crippen LogP contribution < -0.4 is 4.90 Å². The van der Waals surface area contributed by atoms with Gasteiger partial charge in [-0.3, -0.25) is 0 Å². The summed E-state index contributed by atoms with van der Waals surface area (Å²) in [4.78, 5) is 14.4. The number of anilines is 2. The van der Waals surface area contributed by atoms with Gasteiger partial charge in [0.05, 0.1) is 4.90 Å². The Morgan fingerprint density at radius 1 is 1.25 bits per heavy atom. The predicted octanol–water partition coefficient (Wildman–Crippen LogP) is 1.62. The third-order valence-corrected chi connectivity index (χ3v) is 4.39. The largest absolute Gasteiger partial charge is 0.310 e. The van der Waals surface area contributed by atoms with Gasteiger partial charge in [-0.1, -0.05) is 11.6 Å². The second kappa shape index (κ2) is 4.68. The molecule has 104 valence electrons. The van der Waals surface area contributed by atoms with Crippen LogP contribution in [0.1, 0.15) is 5.56 Å². The maximum Gasteiger partial charge on any atom is 0.177 e. The molecule has 0 aromatic carbocycles. The molecule has 0 saturated carbocycles. The van der Waals surface area contributed by atoms with Crippen molar-refractivity contribution in [3.63, 3.8) is 0 Å². The van der Waals surface area contributed by atoms with Gasteiger partial charge in [0, 0.05) is 25.1 Å². The van der Waals surface area contributed by atoms with Crippen molar-refractivity contribution in [1.29, 1.82) is 0 Å². The van der Waals surface area contributed by atoms with Gasteiger partial charge in [0.25, 0.3) is 0 Å². The summed E-state index contributed by atoms with van der Waals surface area (Å²) >= 11 is 5.86. The van der Waals surface area contributed by atoms with E-state index < -0.39 is 9.84 Å². The summed E-state index contributed by atoms with van der Waals surface area (Å²) in [7, 11) is -3.24. The highest BCUT2D eigenvalue weighted by atomic mass is 35.5. The molecule has 3 rings (SSSR count).